The van der Waals surface area contributed by atoms with Crippen molar-refractivity contribution in [3.8, 4) is 11.5 Å². The molecule has 3 heteroatoms. The monoisotopic (exact) mass is 334 g/mol. The van der Waals surface area contributed by atoms with Crippen LogP contribution in [0.1, 0.15) is 0 Å². The van der Waals surface area contributed by atoms with Gasteiger partial charge in [-0.05, 0) is 0 Å². The predicted octanol–water partition coefficient (Wildman–Crippen LogP) is 5.36. The van der Waals surface area contributed by atoms with Gasteiger partial charge in [0.05, 0.1) is 0 Å². The Kier molecular flexibility index (Phi) is 4.02. The van der Waals surface area contributed by atoms with Gasteiger partial charge in [0, 0.05) is 0 Å². The van der Waals surface area contributed by atoms with Crippen LogP contribution in [0.15, 0.2) is 84.9 Å². The molecule has 4 rings (SSSR count). The second-order valence-corrected chi connectivity index (χ2v) is 6.14. The average Bonchev–Trinajstić information content (AvgIpc) is 2.62. The van der Waals surface area contributed by atoms with Crippen LogP contribution in [0.3, 0.4) is 0 Å². The molecule has 110 valence electrons. The molecule has 0 aromatic heterocycles. The van der Waals surface area contributed by atoms with Crippen LogP contribution >= 0.6 is 0 Å². The van der Waals surface area contributed by atoms with E-state index >= 15 is 0 Å². The van der Waals surface area contributed by atoms with Crippen molar-refractivity contribution in [1.82, 2.24) is 0 Å². The van der Waals surface area contributed by atoms with Gasteiger partial charge in [-0.3, -0.25) is 0 Å². The molecule has 0 bridgehead atoms. The van der Waals surface area contributed by atoms with Gasteiger partial charge in [0.2, 0.25) is 0 Å². The Morgan fingerprint density at radius 2 is 0.913 bits per heavy atom. The molecule has 2 nitrogen and oxygen atoms in total. The normalized spacial score (nSPS) is 10.6. The van der Waals surface area contributed by atoms with E-state index in [1.807, 2.05) is 48.5 Å². The van der Waals surface area contributed by atoms with Crippen LogP contribution < -0.4 is 6.64 Å². The van der Waals surface area contributed by atoms with Gasteiger partial charge in [-0.2, -0.15) is 0 Å². The molecule has 0 N–H and O–H groups in total. The Bertz CT molecular complexity index is 876. The first-order chi connectivity index (χ1) is 11.4. The maximum atomic E-state index is 5.97. The van der Waals surface area contributed by atoms with Gasteiger partial charge < -0.3 is 0 Å². The van der Waals surface area contributed by atoms with Crippen molar-refractivity contribution >= 4 is 21.5 Å². The molecule has 0 radical (unpaired) electrons. The van der Waals surface area contributed by atoms with Crippen LogP contribution in [0.2, 0.25) is 0 Å². The molecule has 0 aliphatic carbocycles. The van der Waals surface area contributed by atoms with E-state index in [-0.39, 0.29) is 0 Å². The Morgan fingerprint density at radius 3 is 1.43 bits per heavy atom. The van der Waals surface area contributed by atoms with E-state index in [1.54, 1.807) is 0 Å². The van der Waals surface area contributed by atoms with Gasteiger partial charge in [0.25, 0.3) is 0 Å². The zero-order chi connectivity index (χ0) is 15.5. The van der Waals surface area contributed by atoms with E-state index in [0.29, 0.717) is 0 Å². The van der Waals surface area contributed by atoms with E-state index in [2.05, 4.69) is 36.4 Å². The summed E-state index contributed by atoms with van der Waals surface area (Å²) in [6, 6.07) is 28.7. The zero-order valence-electron chi connectivity index (χ0n) is 12.4. The number of fused-ring (bicyclic) bond motifs is 2. The van der Waals surface area contributed by atoms with Crippen LogP contribution in [0.4, 0.5) is 0 Å². The third kappa shape index (κ3) is 2.96. The van der Waals surface area contributed by atoms with E-state index in [4.69, 9.17) is 6.64 Å². The fourth-order valence-corrected chi connectivity index (χ4v) is 3.58. The Labute approximate surface area is 144 Å². The molecule has 0 amide bonds. The van der Waals surface area contributed by atoms with Crippen molar-refractivity contribution in [2.45, 2.75) is 0 Å². The van der Waals surface area contributed by atoms with Crippen molar-refractivity contribution in [1.29, 1.82) is 0 Å². The molecule has 0 fully saturated rings. The quantitative estimate of drug-likeness (QED) is 0.468. The van der Waals surface area contributed by atoms with Crippen LogP contribution in [-0.2, 0) is 19.9 Å². The fourth-order valence-electron chi connectivity index (χ4n) is 2.68. The summed E-state index contributed by atoms with van der Waals surface area (Å²) < 4.78 is 11.9. The summed E-state index contributed by atoms with van der Waals surface area (Å²) in [5.41, 5.74) is 0. The van der Waals surface area contributed by atoms with Gasteiger partial charge in [-0.1, -0.05) is 0 Å². The Balaban J connectivity index is 1.55. The summed E-state index contributed by atoms with van der Waals surface area (Å²) in [6.07, 6.45) is 0. The zero-order valence-corrected chi connectivity index (χ0v) is 14.0. The first kappa shape index (κ1) is 14.3. The van der Waals surface area contributed by atoms with E-state index in [1.165, 1.54) is 10.8 Å². The molecule has 0 aliphatic rings. The van der Waals surface area contributed by atoms with Crippen molar-refractivity contribution in [3.05, 3.63) is 84.9 Å². The van der Waals surface area contributed by atoms with E-state index in [9.17, 15) is 0 Å². The fraction of sp³-hybridized carbons (Fsp3) is 0. The van der Waals surface area contributed by atoms with E-state index < -0.39 is 19.9 Å². The van der Waals surface area contributed by atoms with Crippen molar-refractivity contribution in [3.63, 3.8) is 0 Å². The Morgan fingerprint density at radius 1 is 0.478 bits per heavy atom. The predicted molar refractivity (Wildman–Crippen MR) is 89.2 cm³/mol. The maximum absolute atomic E-state index is 5.97. The minimum absolute atomic E-state index is 0.892. The van der Waals surface area contributed by atoms with Crippen LogP contribution in [0.25, 0.3) is 21.5 Å². The van der Waals surface area contributed by atoms with Gasteiger partial charge in [0.1, 0.15) is 0 Å². The summed E-state index contributed by atoms with van der Waals surface area (Å²) in [6.45, 7) is 0. The summed E-state index contributed by atoms with van der Waals surface area (Å²) in [7, 11) is 0. The number of benzene rings is 4. The van der Waals surface area contributed by atoms with Crippen LogP contribution in [0.5, 0.6) is 11.5 Å². The number of hydrogen-bond donors (Lipinski definition) is 0. The molecular formula is C20H14O2Ti. The van der Waals surface area contributed by atoms with Gasteiger partial charge in [-0.25, -0.2) is 0 Å². The minimum atomic E-state index is -1.03. The average molecular weight is 334 g/mol. The standard InChI is InChI=1S/2C10H8O.Ti/c2*11-10-7-3-5-8-4-1-2-6-9(8)10;/h2*1-7,11H;/q;;+2/p-2. The second-order valence-electron chi connectivity index (χ2n) is 5.24. The first-order valence-corrected chi connectivity index (χ1v) is 8.73. The third-order valence-corrected chi connectivity index (χ3v) is 4.75. The molecule has 4 aromatic rings. The molecular weight excluding hydrogens is 320 g/mol. The van der Waals surface area contributed by atoms with Gasteiger partial charge in [-0.15, -0.1) is 0 Å². The molecule has 4 aromatic carbocycles. The SMILES string of the molecule is c1ccc2c([O][Ti][O]c3cccc4ccccc34)cccc2c1. The summed E-state index contributed by atoms with van der Waals surface area (Å²) in [5.74, 6) is 1.78. The van der Waals surface area contributed by atoms with Crippen molar-refractivity contribution < 1.29 is 26.6 Å². The van der Waals surface area contributed by atoms with Crippen LogP contribution in [-0.4, -0.2) is 0 Å². The number of hydrogen-bond acceptors (Lipinski definition) is 2. The number of rotatable bonds is 4. The summed E-state index contributed by atoms with van der Waals surface area (Å²) in [5, 5.41) is 4.61. The molecule has 0 spiro atoms. The molecule has 0 heterocycles. The molecule has 23 heavy (non-hydrogen) atoms. The van der Waals surface area contributed by atoms with Crippen LogP contribution in [0, 0.1) is 0 Å². The third-order valence-electron chi connectivity index (χ3n) is 3.80. The Hall–Kier alpha value is -2.29. The summed E-state index contributed by atoms with van der Waals surface area (Å²) >= 11 is -1.03. The van der Waals surface area contributed by atoms with Gasteiger partial charge in [0.15, 0.2) is 0 Å². The molecule has 0 saturated carbocycles. The molecule has 0 atom stereocenters. The van der Waals surface area contributed by atoms with Gasteiger partial charge >= 0.3 is 145 Å². The summed E-state index contributed by atoms with van der Waals surface area (Å²) in [4.78, 5) is 0. The topological polar surface area (TPSA) is 18.5 Å². The molecule has 0 saturated heterocycles. The first-order valence-electron chi connectivity index (χ1n) is 7.46. The van der Waals surface area contributed by atoms with Crippen molar-refractivity contribution in [2.24, 2.45) is 0 Å². The molecule has 0 aliphatic heterocycles. The second kappa shape index (κ2) is 6.45. The van der Waals surface area contributed by atoms with E-state index in [0.717, 1.165) is 22.3 Å². The molecule has 0 unspecified atom stereocenters. The van der Waals surface area contributed by atoms with Crippen molar-refractivity contribution in [2.75, 3.05) is 0 Å².